The van der Waals surface area contributed by atoms with Crippen LogP contribution < -0.4 is 0 Å². The molecule has 1 N–H and O–H groups in total. The molecule has 0 unspecified atom stereocenters. The topological polar surface area (TPSA) is 59.4 Å². The largest absolute Gasteiger partial charge is 0.469 e. The van der Waals surface area contributed by atoms with Crippen LogP contribution in [0.1, 0.15) is 85.8 Å². The maximum atomic E-state index is 11.7. The molecule has 3 aromatic rings. The van der Waals surface area contributed by atoms with E-state index in [0.717, 1.165) is 55.2 Å². The van der Waals surface area contributed by atoms with Gasteiger partial charge in [0.15, 0.2) is 0 Å². The molecule has 1 fully saturated rings. The molecular formula is C34H41NO3. The van der Waals surface area contributed by atoms with E-state index in [1.54, 1.807) is 6.20 Å². The molecule has 0 bridgehead atoms. The molecule has 4 heteroatoms. The number of ether oxygens (including phenoxy) is 1. The Morgan fingerprint density at radius 1 is 1.00 bits per heavy atom. The summed E-state index contributed by atoms with van der Waals surface area (Å²) < 4.78 is 4.82. The number of hydrogen-bond donors (Lipinski definition) is 1. The Kier molecular flexibility index (Phi) is 8.52. The van der Waals surface area contributed by atoms with Crippen LogP contribution in [0.2, 0.25) is 0 Å². The van der Waals surface area contributed by atoms with Gasteiger partial charge < -0.3 is 9.84 Å². The first-order chi connectivity index (χ1) is 18.2. The van der Waals surface area contributed by atoms with E-state index in [4.69, 9.17) is 4.74 Å². The predicted octanol–water partition coefficient (Wildman–Crippen LogP) is 7.51. The first-order valence-electron chi connectivity index (χ1n) is 13.9. The first-order valence-corrected chi connectivity index (χ1v) is 13.9. The Bertz CT molecular complexity index is 1310. The van der Waals surface area contributed by atoms with Gasteiger partial charge in [0.2, 0.25) is 0 Å². The number of pyridine rings is 1. The fraction of sp³-hybridized carbons (Fsp3) is 0.412. The maximum Gasteiger partial charge on any atom is 0.310 e. The Morgan fingerprint density at radius 3 is 2.26 bits per heavy atom. The Hall–Kier alpha value is -3.24. The molecule has 0 spiro atoms. The van der Waals surface area contributed by atoms with Crippen molar-refractivity contribution < 1.29 is 14.6 Å². The molecule has 0 saturated heterocycles. The molecular weight excluding hydrogens is 470 g/mol. The van der Waals surface area contributed by atoms with Crippen LogP contribution >= 0.6 is 0 Å². The molecule has 2 aromatic carbocycles. The van der Waals surface area contributed by atoms with Crippen LogP contribution in [0.5, 0.6) is 0 Å². The van der Waals surface area contributed by atoms with Gasteiger partial charge in [-0.15, -0.1) is 0 Å². The first kappa shape index (κ1) is 27.8. The third-order valence-electron chi connectivity index (χ3n) is 8.53. The quantitative estimate of drug-likeness (QED) is 0.302. The number of nitrogens with zero attached hydrogens (tertiary/aromatic N) is 1. The van der Waals surface area contributed by atoms with Crippen molar-refractivity contribution in [1.29, 1.82) is 0 Å². The predicted molar refractivity (Wildman–Crippen MR) is 155 cm³/mol. The molecule has 0 amide bonds. The lowest BCUT2D eigenvalue weighted by Gasteiger charge is -2.34. The molecule has 1 saturated carbocycles. The van der Waals surface area contributed by atoms with Crippen LogP contribution in [0.4, 0.5) is 0 Å². The highest BCUT2D eigenvalue weighted by atomic mass is 16.5. The zero-order valence-corrected chi connectivity index (χ0v) is 23.5. The van der Waals surface area contributed by atoms with E-state index in [2.05, 4.69) is 75.2 Å². The minimum Gasteiger partial charge on any atom is -0.469 e. The van der Waals surface area contributed by atoms with Crippen LogP contribution in [-0.4, -0.2) is 28.8 Å². The Labute approximate surface area is 227 Å². The van der Waals surface area contributed by atoms with Gasteiger partial charge in [-0.3, -0.25) is 9.78 Å². The van der Waals surface area contributed by atoms with Gasteiger partial charge in [-0.05, 0) is 84.5 Å². The van der Waals surface area contributed by atoms with E-state index in [9.17, 15) is 9.90 Å². The zero-order chi connectivity index (χ0) is 27.3. The standard InChI is InChI=1S/C34H41NO3/c1-6-34(7-2,29-11-10-27(24(3)18-29)14-17-33(37)15-8-9-16-33)30-12-13-31(25(4)19-30)28-20-26(22-35-23-28)21-32(36)38-5/h10-14,17-20,22-23,37H,6-9,15-16,21H2,1-5H3/b17-14+. The summed E-state index contributed by atoms with van der Waals surface area (Å²) in [6.07, 6.45) is 13.8. The van der Waals surface area contributed by atoms with E-state index >= 15 is 0 Å². The number of carbonyl (C=O) groups is 1. The summed E-state index contributed by atoms with van der Waals surface area (Å²) in [4.78, 5) is 16.1. The van der Waals surface area contributed by atoms with Crippen LogP contribution in [0.25, 0.3) is 17.2 Å². The molecule has 0 radical (unpaired) electrons. The van der Waals surface area contributed by atoms with E-state index < -0.39 is 5.60 Å². The lowest BCUT2D eigenvalue weighted by atomic mass is 9.69. The zero-order valence-electron chi connectivity index (χ0n) is 23.5. The molecule has 1 aromatic heterocycles. The normalized spacial score (nSPS) is 15.2. The van der Waals surface area contributed by atoms with Crippen LogP contribution in [0.15, 0.2) is 60.9 Å². The number of rotatable bonds is 9. The SMILES string of the molecule is CCC(CC)(c1ccc(/C=C/C2(O)CCCC2)c(C)c1)c1ccc(-c2cncc(CC(=O)OC)c2)c(C)c1. The fourth-order valence-corrected chi connectivity index (χ4v) is 6.05. The summed E-state index contributed by atoms with van der Waals surface area (Å²) in [5.74, 6) is -0.266. The van der Waals surface area contributed by atoms with Crippen molar-refractivity contribution in [3.8, 4) is 11.1 Å². The summed E-state index contributed by atoms with van der Waals surface area (Å²) in [6, 6.07) is 15.6. The number of carbonyl (C=O) groups excluding carboxylic acids is 1. The summed E-state index contributed by atoms with van der Waals surface area (Å²) >= 11 is 0. The van der Waals surface area contributed by atoms with Gasteiger partial charge >= 0.3 is 5.97 Å². The average Bonchev–Trinajstić information content (AvgIpc) is 3.36. The molecule has 38 heavy (non-hydrogen) atoms. The van der Waals surface area contributed by atoms with Crippen molar-refractivity contribution >= 4 is 12.0 Å². The molecule has 4 rings (SSSR count). The highest BCUT2D eigenvalue weighted by Gasteiger charge is 2.32. The third-order valence-corrected chi connectivity index (χ3v) is 8.53. The molecule has 200 valence electrons. The van der Waals surface area contributed by atoms with Crippen molar-refractivity contribution in [2.45, 2.75) is 83.7 Å². The summed E-state index contributed by atoms with van der Waals surface area (Å²) in [6.45, 7) is 8.85. The number of esters is 1. The fourth-order valence-electron chi connectivity index (χ4n) is 6.05. The summed E-state index contributed by atoms with van der Waals surface area (Å²) in [5.41, 5.74) is 8.46. The highest BCUT2D eigenvalue weighted by molar-refractivity contribution is 5.74. The smallest absolute Gasteiger partial charge is 0.310 e. The molecule has 1 heterocycles. The van der Waals surface area contributed by atoms with E-state index in [1.165, 1.54) is 34.9 Å². The van der Waals surface area contributed by atoms with Gasteiger partial charge in [-0.1, -0.05) is 75.2 Å². The second-order valence-corrected chi connectivity index (χ2v) is 10.9. The summed E-state index contributed by atoms with van der Waals surface area (Å²) in [7, 11) is 1.41. The summed E-state index contributed by atoms with van der Waals surface area (Å²) in [5, 5.41) is 10.7. The van der Waals surface area contributed by atoms with Crippen molar-refractivity contribution in [1.82, 2.24) is 4.98 Å². The van der Waals surface area contributed by atoms with Crippen molar-refractivity contribution in [3.05, 3.63) is 94.3 Å². The van der Waals surface area contributed by atoms with E-state index in [-0.39, 0.29) is 17.8 Å². The minimum atomic E-state index is -0.644. The third kappa shape index (κ3) is 5.76. The van der Waals surface area contributed by atoms with Gasteiger partial charge in [0.05, 0.1) is 19.1 Å². The van der Waals surface area contributed by atoms with E-state index in [1.807, 2.05) is 18.3 Å². The van der Waals surface area contributed by atoms with Crippen molar-refractivity contribution in [2.75, 3.05) is 7.11 Å². The van der Waals surface area contributed by atoms with Crippen LogP contribution in [0.3, 0.4) is 0 Å². The second kappa shape index (κ2) is 11.7. The van der Waals surface area contributed by atoms with Gasteiger partial charge in [0, 0.05) is 23.4 Å². The van der Waals surface area contributed by atoms with Gasteiger partial charge in [-0.2, -0.15) is 0 Å². The molecule has 4 nitrogen and oxygen atoms in total. The second-order valence-electron chi connectivity index (χ2n) is 10.9. The highest BCUT2D eigenvalue weighted by Crippen LogP contribution is 2.41. The van der Waals surface area contributed by atoms with Crippen LogP contribution in [0, 0.1) is 13.8 Å². The lowest BCUT2D eigenvalue weighted by molar-refractivity contribution is -0.139. The number of aliphatic hydroxyl groups is 1. The Morgan fingerprint density at radius 2 is 1.66 bits per heavy atom. The minimum absolute atomic E-state index is 0.0923. The van der Waals surface area contributed by atoms with Gasteiger partial charge in [-0.25, -0.2) is 0 Å². The molecule has 0 atom stereocenters. The van der Waals surface area contributed by atoms with Crippen LogP contribution in [-0.2, 0) is 21.4 Å². The van der Waals surface area contributed by atoms with Crippen molar-refractivity contribution in [3.63, 3.8) is 0 Å². The molecule has 0 aliphatic heterocycles. The monoisotopic (exact) mass is 511 g/mol. The van der Waals surface area contributed by atoms with Crippen molar-refractivity contribution in [2.24, 2.45) is 0 Å². The van der Waals surface area contributed by atoms with Gasteiger partial charge in [0.25, 0.3) is 0 Å². The number of methoxy groups -OCH3 is 1. The number of benzene rings is 2. The number of aromatic nitrogens is 1. The molecule has 1 aliphatic rings. The van der Waals surface area contributed by atoms with E-state index in [0.29, 0.717) is 0 Å². The number of aryl methyl sites for hydroxylation is 2. The maximum absolute atomic E-state index is 11.7. The number of hydrogen-bond acceptors (Lipinski definition) is 4. The van der Waals surface area contributed by atoms with Gasteiger partial charge in [0.1, 0.15) is 0 Å². The molecule has 1 aliphatic carbocycles. The Balaban J connectivity index is 1.65. The average molecular weight is 512 g/mol. The lowest BCUT2D eigenvalue weighted by Crippen LogP contribution is -2.26.